The zero-order valence-electron chi connectivity index (χ0n) is 6.81. The number of hydrogen-bond acceptors (Lipinski definition) is 1. The number of piperidine rings is 1. The molecule has 1 aliphatic rings. The zero-order chi connectivity index (χ0) is 7.56. The SMILES string of the molecule is CC1CCN([C@@H](C)I)CC1. The van der Waals surface area contributed by atoms with E-state index in [-0.39, 0.29) is 0 Å². The second-order valence-corrected chi connectivity index (χ2v) is 5.10. The Morgan fingerprint density at radius 3 is 2.30 bits per heavy atom. The van der Waals surface area contributed by atoms with Crippen molar-refractivity contribution in [3.63, 3.8) is 0 Å². The fourth-order valence-electron chi connectivity index (χ4n) is 1.38. The van der Waals surface area contributed by atoms with Crippen LogP contribution in [0.25, 0.3) is 0 Å². The summed E-state index contributed by atoms with van der Waals surface area (Å²) in [5.41, 5.74) is 0. The first-order valence-corrected chi connectivity index (χ1v) is 5.33. The molecule has 60 valence electrons. The van der Waals surface area contributed by atoms with Crippen LogP contribution < -0.4 is 0 Å². The molecule has 0 unspecified atom stereocenters. The van der Waals surface area contributed by atoms with Crippen LogP contribution in [0.3, 0.4) is 0 Å². The number of alkyl halides is 1. The van der Waals surface area contributed by atoms with Gasteiger partial charge < -0.3 is 0 Å². The quantitative estimate of drug-likeness (QED) is 0.394. The molecule has 0 spiro atoms. The van der Waals surface area contributed by atoms with Crippen LogP contribution >= 0.6 is 22.6 Å². The van der Waals surface area contributed by atoms with E-state index in [0.29, 0.717) is 0 Å². The Kier molecular flexibility index (Phi) is 3.43. The first kappa shape index (κ1) is 8.78. The molecule has 0 bridgehead atoms. The lowest BCUT2D eigenvalue weighted by Crippen LogP contribution is -2.36. The summed E-state index contributed by atoms with van der Waals surface area (Å²) < 4.78 is 0.727. The van der Waals surface area contributed by atoms with Crippen LogP contribution in [-0.4, -0.2) is 22.0 Å². The molecule has 0 amide bonds. The van der Waals surface area contributed by atoms with Crippen LogP contribution in [0.15, 0.2) is 0 Å². The lowest BCUT2D eigenvalue weighted by atomic mass is 9.99. The summed E-state index contributed by atoms with van der Waals surface area (Å²) in [6.07, 6.45) is 2.79. The van der Waals surface area contributed by atoms with Gasteiger partial charge in [0, 0.05) is 0 Å². The summed E-state index contributed by atoms with van der Waals surface area (Å²) in [5.74, 6) is 0.964. The lowest BCUT2D eigenvalue weighted by Gasteiger charge is -2.32. The molecule has 2 heteroatoms. The maximum absolute atomic E-state index is 2.56. The molecule has 1 rings (SSSR count). The van der Waals surface area contributed by atoms with E-state index in [1.54, 1.807) is 0 Å². The van der Waals surface area contributed by atoms with Crippen LogP contribution in [0.4, 0.5) is 0 Å². The summed E-state index contributed by atoms with van der Waals surface area (Å²) in [6.45, 7) is 7.25. The largest absolute Gasteiger partial charge is 0.292 e. The molecular weight excluding hydrogens is 237 g/mol. The molecular formula is C8H16IN. The van der Waals surface area contributed by atoms with Gasteiger partial charge in [-0.1, -0.05) is 29.5 Å². The normalized spacial score (nSPS) is 26.7. The van der Waals surface area contributed by atoms with Crippen molar-refractivity contribution in [2.24, 2.45) is 5.92 Å². The Bertz CT molecular complexity index is 95.4. The highest BCUT2D eigenvalue weighted by atomic mass is 127. The van der Waals surface area contributed by atoms with Gasteiger partial charge in [0.2, 0.25) is 0 Å². The molecule has 1 heterocycles. The van der Waals surface area contributed by atoms with E-state index < -0.39 is 0 Å². The highest BCUT2D eigenvalue weighted by Gasteiger charge is 2.17. The lowest BCUT2D eigenvalue weighted by molar-refractivity contribution is 0.193. The molecule has 1 atom stereocenters. The topological polar surface area (TPSA) is 3.24 Å². The second kappa shape index (κ2) is 3.90. The van der Waals surface area contributed by atoms with Crippen molar-refractivity contribution >= 4 is 22.6 Å². The molecule has 0 aromatic rings. The van der Waals surface area contributed by atoms with Crippen molar-refractivity contribution in [3.05, 3.63) is 0 Å². The van der Waals surface area contributed by atoms with E-state index in [0.717, 1.165) is 9.97 Å². The summed E-state index contributed by atoms with van der Waals surface area (Å²) in [4.78, 5) is 2.56. The highest BCUT2D eigenvalue weighted by Crippen LogP contribution is 2.19. The van der Waals surface area contributed by atoms with Gasteiger partial charge >= 0.3 is 0 Å². The first-order valence-electron chi connectivity index (χ1n) is 4.08. The summed E-state index contributed by atoms with van der Waals surface area (Å²) >= 11 is 2.49. The van der Waals surface area contributed by atoms with Gasteiger partial charge in [-0.2, -0.15) is 0 Å². The molecule has 1 nitrogen and oxygen atoms in total. The predicted octanol–water partition coefficient (Wildman–Crippen LogP) is 2.50. The number of nitrogens with zero attached hydrogens (tertiary/aromatic N) is 1. The fourth-order valence-corrected chi connectivity index (χ4v) is 1.94. The molecule has 0 N–H and O–H groups in total. The van der Waals surface area contributed by atoms with Crippen molar-refractivity contribution < 1.29 is 0 Å². The average molecular weight is 253 g/mol. The number of halogens is 1. The molecule has 1 saturated heterocycles. The zero-order valence-corrected chi connectivity index (χ0v) is 8.97. The van der Waals surface area contributed by atoms with Crippen molar-refractivity contribution in [1.82, 2.24) is 4.90 Å². The van der Waals surface area contributed by atoms with Gasteiger partial charge in [0.15, 0.2) is 0 Å². The van der Waals surface area contributed by atoms with Gasteiger partial charge in [0.1, 0.15) is 0 Å². The summed E-state index contributed by atoms with van der Waals surface area (Å²) in [7, 11) is 0. The van der Waals surface area contributed by atoms with Crippen molar-refractivity contribution in [1.29, 1.82) is 0 Å². The molecule has 0 aromatic carbocycles. The van der Waals surface area contributed by atoms with Gasteiger partial charge in [-0.3, -0.25) is 4.90 Å². The van der Waals surface area contributed by atoms with Crippen LogP contribution in [0.1, 0.15) is 26.7 Å². The monoisotopic (exact) mass is 253 g/mol. The Labute approximate surface area is 77.3 Å². The molecule has 1 aliphatic heterocycles. The Morgan fingerprint density at radius 2 is 1.90 bits per heavy atom. The van der Waals surface area contributed by atoms with E-state index >= 15 is 0 Å². The average Bonchev–Trinajstić information content (AvgIpc) is 1.88. The van der Waals surface area contributed by atoms with E-state index in [4.69, 9.17) is 0 Å². The Balaban J connectivity index is 2.26. The van der Waals surface area contributed by atoms with Gasteiger partial charge in [0.05, 0.1) is 4.05 Å². The smallest absolute Gasteiger partial charge is 0.0589 e. The number of likely N-dealkylation sites (tertiary alicyclic amines) is 1. The van der Waals surface area contributed by atoms with Crippen LogP contribution in [-0.2, 0) is 0 Å². The van der Waals surface area contributed by atoms with Crippen LogP contribution in [0.2, 0.25) is 0 Å². The van der Waals surface area contributed by atoms with Crippen LogP contribution in [0.5, 0.6) is 0 Å². The maximum Gasteiger partial charge on any atom is 0.0589 e. The maximum atomic E-state index is 2.56. The van der Waals surface area contributed by atoms with E-state index in [2.05, 4.69) is 41.3 Å². The Morgan fingerprint density at radius 1 is 1.40 bits per heavy atom. The summed E-state index contributed by atoms with van der Waals surface area (Å²) in [6, 6.07) is 0. The van der Waals surface area contributed by atoms with Crippen LogP contribution in [0, 0.1) is 5.92 Å². The van der Waals surface area contributed by atoms with Crippen molar-refractivity contribution in [3.8, 4) is 0 Å². The van der Waals surface area contributed by atoms with Crippen molar-refractivity contribution in [2.75, 3.05) is 13.1 Å². The molecule has 0 aliphatic carbocycles. The number of hydrogen-bond donors (Lipinski definition) is 0. The third-order valence-corrected chi connectivity index (χ3v) is 3.11. The predicted molar refractivity (Wildman–Crippen MR) is 53.5 cm³/mol. The third kappa shape index (κ3) is 2.38. The number of rotatable bonds is 1. The molecule has 0 aromatic heterocycles. The minimum Gasteiger partial charge on any atom is -0.292 e. The van der Waals surface area contributed by atoms with Gasteiger partial charge in [-0.05, 0) is 38.8 Å². The second-order valence-electron chi connectivity index (χ2n) is 3.29. The van der Waals surface area contributed by atoms with E-state index in [1.807, 2.05) is 0 Å². The third-order valence-electron chi connectivity index (χ3n) is 2.32. The molecule has 10 heavy (non-hydrogen) atoms. The van der Waals surface area contributed by atoms with Gasteiger partial charge in [-0.25, -0.2) is 0 Å². The standard InChI is InChI=1S/C8H16IN/c1-7-3-5-10(6-4-7)8(2)9/h7-8H,3-6H2,1-2H3/t8-/m0/s1. The molecule has 1 fully saturated rings. The Hall–Kier alpha value is 0.690. The summed E-state index contributed by atoms with van der Waals surface area (Å²) in [5, 5.41) is 0. The molecule has 0 radical (unpaired) electrons. The highest BCUT2D eigenvalue weighted by molar-refractivity contribution is 14.1. The minimum atomic E-state index is 0.727. The van der Waals surface area contributed by atoms with E-state index in [9.17, 15) is 0 Å². The van der Waals surface area contributed by atoms with Gasteiger partial charge in [0.25, 0.3) is 0 Å². The molecule has 0 saturated carbocycles. The minimum absolute atomic E-state index is 0.727. The van der Waals surface area contributed by atoms with Gasteiger partial charge in [-0.15, -0.1) is 0 Å². The van der Waals surface area contributed by atoms with E-state index in [1.165, 1.54) is 25.9 Å². The fraction of sp³-hybridized carbons (Fsp3) is 1.00. The first-order chi connectivity index (χ1) is 4.70. The van der Waals surface area contributed by atoms with Crippen molar-refractivity contribution in [2.45, 2.75) is 30.7 Å².